The number of amides is 2. The molecule has 5 rings (SSSR count). The summed E-state index contributed by atoms with van der Waals surface area (Å²) < 4.78 is 43.6. The number of nitrogens with zero attached hydrogens (tertiary/aromatic N) is 3. The van der Waals surface area contributed by atoms with Crippen molar-refractivity contribution < 1.29 is 47.3 Å². The summed E-state index contributed by atoms with van der Waals surface area (Å²) in [5, 5.41) is 0. The van der Waals surface area contributed by atoms with Crippen LogP contribution in [-0.4, -0.2) is 94.5 Å². The second-order valence-corrected chi connectivity index (χ2v) is 22.4. The summed E-state index contributed by atoms with van der Waals surface area (Å²) >= 11 is 0. The predicted octanol–water partition coefficient (Wildman–Crippen LogP) is 10.6. The Morgan fingerprint density at radius 2 is 0.955 bits per heavy atom. The highest BCUT2D eigenvalue weighted by atomic mass is 19.1. The molecule has 0 aliphatic carbocycles. The number of halogens is 1. The molecule has 2 fully saturated rings. The number of hydrogen-bond donors (Lipinski definition) is 0. The Kier molecular flexibility index (Phi) is 17.2. The summed E-state index contributed by atoms with van der Waals surface area (Å²) in [6, 6.07) is 21.1. The molecule has 4 atom stereocenters. The lowest BCUT2D eigenvalue weighted by Crippen LogP contribution is -2.38. The topological polar surface area (TPSA) is 124 Å². The zero-order valence-corrected chi connectivity index (χ0v) is 42.3. The van der Waals surface area contributed by atoms with Crippen molar-refractivity contribution in [3.63, 3.8) is 0 Å². The first-order valence-corrected chi connectivity index (χ1v) is 23.7. The van der Waals surface area contributed by atoms with E-state index < -0.39 is 40.1 Å². The van der Waals surface area contributed by atoms with Gasteiger partial charge in [-0.2, -0.15) is 0 Å². The number of carbonyl (C=O) groups is 4. The van der Waals surface area contributed by atoms with E-state index in [2.05, 4.69) is 29.2 Å². The summed E-state index contributed by atoms with van der Waals surface area (Å²) in [6.45, 7) is 25.4. The molecule has 2 aliphatic rings. The van der Waals surface area contributed by atoms with Gasteiger partial charge in [0, 0.05) is 51.9 Å². The van der Waals surface area contributed by atoms with Crippen LogP contribution in [0.25, 0.3) is 0 Å². The van der Waals surface area contributed by atoms with E-state index in [0.29, 0.717) is 77.2 Å². The Morgan fingerprint density at radius 3 is 1.34 bits per heavy atom. The van der Waals surface area contributed by atoms with E-state index >= 15 is 0 Å². The average molecular weight is 930 g/mol. The molecule has 2 amide bonds. The van der Waals surface area contributed by atoms with Crippen molar-refractivity contribution in [2.24, 2.45) is 23.7 Å². The molecule has 368 valence electrons. The normalized spacial score (nSPS) is 17.8. The molecule has 12 nitrogen and oxygen atoms in total. The van der Waals surface area contributed by atoms with Crippen molar-refractivity contribution in [1.29, 1.82) is 0 Å². The Morgan fingerprint density at radius 1 is 0.567 bits per heavy atom. The molecule has 0 N–H and O–H groups in total. The van der Waals surface area contributed by atoms with E-state index in [-0.39, 0.29) is 36.0 Å². The number of esters is 2. The number of carbonyl (C=O) groups excluding carboxylic acids is 4. The van der Waals surface area contributed by atoms with Crippen LogP contribution in [-0.2, 0) is 61.0 Å². The van der Waals surface area contributed by atoms with Gasteiger partial charge in [0.25, 0.3) is 0 Å². The highest BCUT2D eigenvalue weighted by Crippen LogP contribution is 2.33. The first-order chi connectivity index (χ1) is 31.1. The summed E-state index contributed by atoms with van der Waals surface area (Å²) in [6.07, 6.45) is 1.38. The first kappa shape index (κ1) is 52.8. The van der Waals surface area contributed by atoms with Crippen molar-refractivity contribution in [2.75, 3.05) is 33.3 Å². The Hall–Kier alpha value is -5.17. The minimum absolute atomic E-state index is 0.120. The van der Waals surface area contributed by atoms with Crippen LogP contribution in [0.4, 0.5) is 14.0 Å². The van der Waals surface area contributed by atoms with Gasteiger partial charge in [0.1, 0.15) is 34.0 Å². The Balaban J connectivity index is 1.40. The third kappa shape index (κ3) is 17.1. The van der Waals surface area contributed by atoms with Crippen LogP contribution < -0.4 is 4.74 Å². The van der Waals surface area contributed by atoms with Crippen LogP contribution >= 0.6 is 0 Å². The van der Waals surface area contributed by atoms with Crippen LogP contribution in [0.2, 0.25) is 0 Å². The van der Waals surface area contributed by atoms with Crippen LogP contribution in [0.5, 0.6) is 5.75 Å². The zero-order chi connectivity index (χ0) is 49.5. The molecule has 0 bridgehead atoms. The minimum Gasteiger partial charge on any atom is -0.497 e. The summed E-state index contributed by atoms with van der Waals surface area (Å²) in [7, 11) is 1.52. The molecular formula is C54H76FN3O9. The number of methoxy groups -OCH3 is 1. The SMILES string of the molecule is COc1cc(F)cc(CN(Cc2cccc(C[C@H](C(=O)OC(C)(C)C)C3CCN(C(=O)OC(C)(C)C)C3)c2)Cc2cccc(C[C@H](C(=O)OC(C)(C)C)[C@H]3CCN(C(=O)OC(C)(C)C)C3)c2)c1. The molecule has 2 heterocycles. The molecule has 67 heavy (non-hydrogen) atoms. The highest BCUT2D eigenvalue weighted by molar-refractivity contribution is 5.75. The molecule has 2 saturated heterocycles. The second kappa shape index (κ2) is 21.8. The van der Waals surface area contributed by atoms with E-state index in [1.807, 2.05) is 113 Å². The number of hydrogen-bond acceptors (Lipinski definition) is 10. The molecule has 1 unspecified atom stereocenters. The van der Waals surface area contributed by atoms with Gasteiger partial charge in [-0.1, -0.05) is 48.5 Å². The average Bonchev–Trinajstić information content (AvgIpc) is 3.88. The Bertz CT molecular complexity index is 2060. The number of rotatable bonds is 15. The zero-order valence-electron chi connectivity index (χ0n) is 42.3. The molecule has 0 aromatic heterocycles. The lowest BCUT2D eigenvalue weighted by Gasteiger charge is -2.28. The van der Waals surface area contributed by atoms with Gasteiger partial charge in [0.15, 0.2) is 0 Å². The van der Waals surface area contributed by atoms with Crippen molar-refractivity contribution in [3.05, 3.63) is 100 Å². The van der Waals surface area contributed by atoms with Crippen LogP contribution in [0.15, 0.2) is 66.7 Å². The fourth-order valence-electron chi connectivity index (χ4n) is 8.85. The van der Waals surface area contributed by atoms with Gasteiger partial charge in [-0.05, 0) is 161 Å². The fraction of sp³-hybridized carbons (Fsp3) is 0.593. The number of ether oxygens (including phenoxy) is 5. The monoisotopic (exact) mass is 930 g/mol. The quantitative estimate of drug-likeness (QED) is 0.107. The first-order valence-electron chi connectivity index (χ1n) is 23.7. The van der Waals surface area contributed by atoms with Gasteiger partial charge in [0.05, 0.1) is 18.9 Å². The third-order valence-electron chi connectivity index (χ3n) is 11.6. The van der Waals surface area contributed by atoms with Crippen molar-refractivity contribution in [3.8, 4) is 5.75 Å². The second-order valence-electron chi connectivity index (χ2n) is 22.4. The number of benzene rings is 3. The van der Waals surface area contributed by atoms with Crippen LogP contribution in [0.3, 0.4) is 0 Å². The van der Waals surface area contributed by atoms with Gasteiger partial charge < -0.3 is 33.5 Å². The van der Waals surface area contributed by atoms with Gasteiger partial charge in [-0.15, -0.1) is 0 Å². The molecule has 13 heteroatoms. The van der Waals surface area contributed by atoms with E-state index in [0.717, 1.165) is 27.8 Å². The summed E-state index contributed by atoms with van der Waals surface area (Å²) in [5.41, 5.74) is 2.03. The maximum absolute atomic E-state index is 14.9. The van der Waals surface area contributed by atoms with Crippen molar-refractivity contribution in [2.45, 2.75) is 151 Å². The number of likely N-dealkylation sites (tertiary alicyclic amines) is 2. The van der Waals surface area contributed by atoms with Gasteiger partial charge in [-0.25, -0.2) is 14.0 Å². The van der Waals surface area contributed by atoms with Crippen LogP contribution in [0.1, 0.15) is 124 Å². The molecule has 0 radical (unpaired) electrons. The lowest BCUT2D eigenvalue weighted by molar-refractivity contribution is -0.163. The molecule has 2 aliphatic heterocycles. The smallest absolute Gasteiger partial charge is 0.410 e. The molecule has 3 aromatic carbocycles. The fourth-order valence-corrected chi connectivity index (χ4v) is 8.85. The van der Waals surface area contributed by atoms with Crippen LogP contribution in [0, 0.1) is 29.5 Å². The standard InChI is InChI=1S/C54H76FN3O9/c1-51(2,3)64-47(59)45(41-20-22-57(34-41)49(61)66-53(7,8)9)28-36-16-14-18-38(24-36)31-56(33-40-26-43(55)30-44(27-40)63-13)32-39-19-15-17-37(25-39)29-46(48(60)65-52(4,5)6)42-21-23-58(35-42)50(62)67-54(10,11)12/h14-19,24-27,30,41-42,45-46H,20-23,28-29,31-35H2,1-13H3/t41-,42?,45-,46-/m0/s1. The summed E-state index contributed by atoms with van der Waals surface area (Å²) in [4.78, 5) is 59.5. The van der Waals surface area contributed by atoms with Gasteiger partial charge in [0.2, 0.25) is 0 Å². The lowest BCUT2D eigenvalue weighted by atomic mass is 9.85. The highest BCUT2D eigenvalue weighted by Gasteiger charge is 2.41. The predicted molar refractivity (Wildman–Crippen MR) is 257 cm³/mol. The van der Waals surface area contributed by atoms with E-state index in [1.165, 1.54) is 19.2 Å². The van der Waals surface area contributed by atoms with Gasteiger partial charge in [-0.3, -0.25) is 14.5 Å². The Labute approximate surface area is 398 Å². The van der Waals surface area contributed by atoms with Gasteiger partial charge >= 0.3 is 24.1 Å². The third-order valence-corrected chi connectivity index (χ3v) is 11.6. The molecule has 0 saturated carbocycles. The van der Waals surface area contributed by atoms with E-state index in [9.17, 15) is 23.6 Å². The van der Waals surface area contributed by atoms with Crippen molar-refractivity contribution in [1.82, 2.24) is 14.7 Å². The van der Waals surface area contributed by atoms with E-state index in [1.54, 1.807) is 9.80 Å². The largest absolute Gasteiger partial charge is 0.497 e. The summed E-state index contributed by atoms with van der Waals surface area (Å²) in [5.74, 6) is -1.78. The van der Waals surface area contributed by atoms with Crippen molar-refractivity contribution >= 4 is 24.1 Å². The molecular weight excluding hydrogens is 854 g/mol. The maximum Gasteiger partial charge on any atom is 0.410 e. The molecule has 0 spiro atoms. The molecule has 3 aromatic rings. The minimum atomic E-state index is -0.686. The maximum atomic E-state index is 14.9. The van der Waals surface area contributed by atoms with E-state index in [4.69, 9.17) is 23.7 Å².